The number of benzene rings is 1. The van der Waals surface area contributed by atoms with E-state index in [2.05, 4.69) is 17.0 Å². The van der Waals surface area contributed by atoms with Crippen LogP contribution in [0.3, 0.4) is 0 Å². The van der Waals surface area contributed by atoms with E-state index in [4.69, 9.17) is 12.2 Å². The minimum atomic E-state index is 0.0845. The molecule has 3 N–H and O–H groups in total. The third kappa shape index (κ3) is 4.95. The van der Waals surface area contributed by atoms with Crippen LogP contribution in [-0.2, 0) is 18.0 Å². The van der Waals surface area contributed by atoms with Gasteiger partial charge >= 0.3 is 0 Å². The molecule has 7 nitrogen and oxygen atoms in total. The molecule has 0 saturated carbocycles. The fourth-order valence-corrected chi connectivity index (χ4v) is 3.90. The molecule has 0 atom stereocenters. The lowest BCUT2D eigenvalue weighted by molar-refractivity contribution is -1.02. The van der Waals surface area contributed by atoms with Crippen LogP contribution in [0.2, 0.25) is 0 Å². The molecule has 1 saturated heterocycles. The maximum absolute atomic E-state index is 12.5. The van der Waals surface area contributed by atoms with Crippen LogP contribution in [0.4, 0.5) is 5.69 Å². The smallest absolute Gasteiger partial charge is 0.279 e. The summed E-state index contributed by atoms with van der Waals surface area (Å²) in [6.45, 7) is 13.7. The van der Waals surface area contributed by atoms with Crippen LogP contribution in [-0.4, -0.2) is 53.0 Å². The van der Waals surface area contributed by atoms with Crippen LogP contribution < -0.4 is 15.1 Å². The predicted molar refractivity (Wildman–Crippen MR) is 112 cm³/mol. The van der Waals surface area contributed by atoms with Gasteiger partial charge in [0, 0.05) is 12.2 Å². The zero-order chi connectivity index (χ0) is 20.1. The van der Waals surface area contributed by atoms with Crippen molar-refractivity contribution in [1.82, 2.24) is 14.3 Å². The molecule has 3 rings (SSSR count). The van der Waals surface area contributed by atoms with Gasteiger partial charge in [0.25, 0.3) is 5.91 Å². The van der Waals surface area contributed by atoms with Crippen LogP contribution in [0.5, 0.6) is 0 Å². The standard InChI is InChI=1S/C20H28N6OS/c1-4-8-25-14-21-26(20(25)28)15-24-11-9-23(10-12-24)13-18(27)22-19-16(2)6-5-7-17(19)3/h4-7,14H,1,8-13,15H2,2-3H3,(H,22,27)/p+2. The lowest BCUT2D eigenvalue weighted by Crippen LogP contribution is -3.28. The minimum Gasteiger partial charge on any atom is -0.321 e. The summed E-state index contributed by atoms with van der Waals surface area (Å²) in [4.78, 5) is 15.3. The summed E-state index contributed by atoms with van der Waals surface area (Å²) >= 11 is 5.47. The lowest BCUT2D eigenvalue weighted by atomic mass is 10.1. The summed E-state index contributed by atoms with van der Waals surface area (Å²) < 4.78 is 4.53. The Bertz CT molecular complexity index is 874. The maximum atomic E-state index is 12.5. The number of carbonyl (C=O) groups is 1. The average molecular weight is 403 g/mol. The molecule has 1 fully saturated rings. The molecule has 1 aliphatic rings. The van der Waals surface area contributed by atoms with Crippen molar-refractivity contribution < 1.29 is 14.6 Å². The number of allylic oxidation sites excluding steroid dienone is 1. The van der Waals surface area contributed by atoms with Crippen LogP contribution in [0.15, 0.2) is 37.2 Å². The highest BCUT2D eigenvalue weighted by Gasteiger charge is 2.25. The molecule has 150 valence electrons. The third-order valence-electron chi connectivity index (χ3n) is 5.32. The van der Waals surface area contributed by atoms with Crippen molar-refractivity contribution in [2.75, 3.05) is 38.0 Å². The molecule has 0 spiro atoms. The van der Waals surface area contributed by atoms with Gasteiger partial charge in [0.15, 0.2) is 13.2 Å². The fourth-order valence-electron chi connectivity index (χ4n) is 3.67. The Hall–Kier alpha value is -2.29. The highest BCUT2D eigenvalue weighted by molar-refractivity contribution is 7.71. The summed E-state index contributed by atoms with van der Waals surface area (Å²) in [5, 5.41) is 7.49. The first-order chi connectivity index (χ1) is 13.5. The molecule has 1 aromatic carbocycles. The number of para-hydroxylation sites is 1. The van der Waals surface area contributed by atoms with Crippen LogP contribution >= 0.6 is 12.2 Å². The van der Waals surface area contributed by atoms with Crippen molar-refractivity contribution in [3.63, 3.8) is 0 Å². The summed E-state index contributed by atoms with van der Waals surface area (Å²) in [6.07, 6.45) is 3.59. The topological polar surface area (TPSA) is 60.7 Å². The van der Waals surface area contributed by atoms with Crippen LogP contribution in [0, 0.1) is 18.6 Å². The third-order valence-corrected chi connectivity index (χ3v) is 5.76. The van der Waals surface area contributed by atoms with E-state index in [9.17, 15) is 4.79 Å². The van der Waals surface area contributed by atoms with E-state index >= 15 is 0 Å². The molecule has 1 amide bonds. The van der Waals surface area contributed by atoms with E-state index < -0.39 is 0 Å². The first-order valence-electron chi connectivity index (χ1n) is 9.74. The van der Waals surface area contributed by atoms with Gasteiger partial charge < -0.3 is 19.7 Å². The molecule has 0 radical (unpaired) electrons. The number of nitrogens with one attached hydrogen (secondary N) is 3. The van der Waals surface area contributed by atoms with Gasteiger partial charge in [-0.3, -0.25) is 4.79 Å². The van der Waals surface area contributed by atoms with Gasteiger partial charge in [-0.15, -0.1) is 6.58 Å². The van der Waals surface area contributed by atoms with Gasteiger partial charge in [0.05, 0.1) is 0 Å². The van der Waals surface area contributed by atoms with Crippen molar-refractivity contribution in [3.05, 3.63) is 53.1 Å². The van der Waals surface area contributed by atoms with Gasteiger partial charge in [0.1, 0.15) is 32.5 Å². The molecular weight excluding hydrogens is 372 g/mol. The Balaban J connectivity index is 1.48. The Morgan fingerprint density at radius 3 is 2.54 bits per heavy atom. The van der Waals surface area contributed by atoms with Crippen LogP contribution in [0.1, 0.15) is 11.1 Å². The highest BCUT2D eigenvalue weighted by atomic mass is 32.1. The molecule has 2 aromatic rings. The van der Waals surface area contributed by atoms with E-state index in [1.165, 1.54) is 9.80 Å². The molecular formula is C20H30N6OS+2. The van der Waals surface area contributed by atoms with E-state index in [0.717, 1.165) is 54.4 Å². The second kappa shape index (κ2) is 9.27. The second-order valence-electron chi connectivity index (χ2n) is 7.50. The number of hydrogen-bond acceptors (Lipinski definition) is 3. The normalized spacial score (nSPS) is 19.4. The van der Waals surface area contributed by atoms with Crippen molar-refractivity contribution in [3.8, 4) is 0 Å². The monoisotopic (exact) mass is 402 g/mol. The van der Waals surface area contributed by atoms with Gasteiger partial charge in [-0.25, -0.2) is 0 Å². The molecule has 8 heteroatoms. The Morgan fingerprint density at radius 2 is 1.89 bits per heavy atom. The average Bonchev–Trinajstić information content (AvgIpc) is 3.00. The molecule has 28 heavy (non-hydrogen) atoms. The Labute approximate surface area is 171 Å². The second-order valence-corrected chi connectivity index (χ2v) is 7.87. The van der Waals surface area contributed by atoms with Gasteiger partial charge in [-0.1, -0.05) is 24.3 Å². The van der Waals surface area contributed by atoms with E-state index in [1.807, 2.05) is 47.4 Å². The number of amides is 1. The first kappa shape index (κ1) is 20.4. The number of aromatic nitrogens is 3. The van der Waals surface area contributed by atoms with E-state index in [0.29, 0.717) is 13.1 Å². The maximum Gasteiger partial charge on any atom is 0.279 e. The molecule has 1 aromatic heterocycles. The lowest BCUT2D eigenvalue weighted by Gasteiger charge is -2.29. The number of anilines is 1. The Kier molecular flexibility index (Phi) is 6.77. The SMILES string of the molecule is C=CCn1cnn(C[NH+]2CC[NH+](CC(=O)Nc3c(C)cccc3C)CC2)c1=S. The number of quaternary nitrogens is 2. The molecule has 1 aliphatic heterocycles. The largest absolute Gasteiger partial charge is 0.321 e. The van der Waals surface area contributed by atoms with Crippen molar-refractivity contribution >= 4 is 23.8 Å². The number of nitrogens with zero attached hydrogens (tertiary/aromatic N) is 3. The summed E-state index contributed by atoms with van der Waals surface area (Å²) in [7, 11) is 0. The summed E-state index contributed by atoms with van der Waals surface area (Å²) in [5.41, 5.74) is 3.15. The number of hydrogen-bond donors (Lipinski definition) is 3. The van der Waals surface area contributed by atoms with E-state index in [1.54, 1.807) is 6.33 Å². The number of carbonyl (C=O) groups excluding carboxylic acids is 1. The Morgan fingerprint density at radius 1 is 1.25 bits per heavy atom. The van der Waals surface area contributed by atoms with E-state index in [-0.39, 0.29) is 5.91 Å². The van der Waals surface area contributed by atoms with Gasteiger partial charge in [0.2, 0.25) is 4.77 Å². The van der Waals surface area contributed by atoms with Crippen molar-refractivity contribution in [2.45, 2.75) is 27.1 Å². The molecule has 0 aliphatic carbocycles. The zero-order valence-corrected chi connectivity index (χ0v) is 17.5. The molecule has 0 unspecified atom stereocenters. The summed E-state index contributed by atoms with van der Waals surface area (Å²) in [5.74, 6) is 0.0845. The highest BCUT2D eigenvalue weighted by Crippen LogP contribution is 2.18. The minimum absolute atomic E-state index is 0.0845. The van der Waals surface area contributed by atoms with Crippen LogP contribution in [0.25, 0.3) is 0 Å². The van der Waals surface area contributed by atoms with Crippen molar-refractivity contribution in [1.29, 1.82) is 0 Å². The molecule has 0 bridgehead atoms. The quantitative estimate of drug-likeness (QED) is 0.436. The zero-order valence-electron chi connectivity index (χ0n) is 16.7. The molecule has 2 heterocycles. The number of rotatable bonds is 7. The first-order valence-corrected chi connectivity index (χ1v) is 10.1. The van der Waals surface area contributed by atoms with Gasteiger partial charge in [-0.2, -0.15) is 9.78 Å². The van der Waals surface area contributed by atoms with Crippen molar-refractivity contribution in [2.24, 2.45) is 0 Å². The number of piperazine rings is 1. The fraction of sp³-hybridized carbons (Fsp3) is 0.450. The summed E-state index contributed by atoms with van der Waals surface area (Å²) in [6, 6.07) is 6.07. The predicted octanol–water partition coefficient (Wildman–Crippen LogP) is -0.403. The van der Waals surface area contributed by atoms with Gasteiger partial charge in [-0.05, 0) is 37.2 Å². The number of aryl methyl sites for hydroxylation is 2.